The zero-order valence-electron chi connectivity index (χ0n) is 22.1. The molecule has 0 atom stereocenters. The highest BCUT2D eigenvalue weighted by molar-refractivity contribution is 6.07. The Balaban J connectivity index is 1.28. The first-order chi connectivity index (χ1) is 20.8. The van der Waals surface area contributed by atoms with Crippen LogP contribution in [-0.4, -0.2) is 39.4 Å². The molecule has 196 valence electrons. The Morgan fingerprint density at radius 2 is 1.26 bits per heavy atom. The Morgan fingerprint density at radius 3 is 2.14 bits per heavy atom. The molecule has 8 heteroatoms. The first-order valence-electron chi connectivity index (χ1n) is 13.6. The molecule has 0 unspecified atom stereocenters. The fraction of sp³-hybridized carbons (Fsp3) is 0. The normalized spacial score (nSPS) is 11.8. The van der Waals surface area contributed by atoms with Crippen LogP contribution >= 0.6 is 0 Å². The highest BCUT2D eigenvalue weighted by Gasteiger charge is 2.21. The highest BCUT2D eigenvalue weighted by atomic mass is 15.4. The summed E-state index contributed by atoms with van der Waals surface area (Å²) in [6.07, 6.45) is 3.95. The molecule has 9 rings (SSSR count). The van der Waals surface area contributed by atoms with Gasteiger partial charge >= 0.3 is 0 Å². The summed E-state index contributed by atoms with van der Waals surface area (Å²) in [4.78, 5) is 15.0. The second kappa shape index (κ2) is 8.74. The monoisotopic (exact) mass is 540 g/mol. The molecule has 5 heterocycles. The van der Waals surface area contributed by atoms with Gasteiger partial charge in [0.15, 0.2) is 17.2 Å². The molecule has 0 aliphatic rings. The average molecular weight is 541 g/mol. The molecule has 4 aromatic carbocycles. The molecule has 0 aliphatic carbocycles. The van der Waals surface area contributed by atoms with Crippen LogP contribution in [0.25, 0.3) is 77.8 Å². The van der Waals surface area contributed by atoms with E-state index in [1.54, 1.807) is 9.03 Å². The number of aromatic nitrogens is 8. The van der Waals surface area contributed by atoms with Crippen molar-refractivity contribution in [3.05, 3.63) is 122 Å². The van der Waals surface area contributed by atoms with Gasteiger partial charge in [0.25, 0.3) is 0 Å². The van der Waals surface area contributed by atoms with E-state index >= 15 is 0 Å². The van der Waals surface area contributed by atoms with E-state index in [4.69, 9.17) is 20.1 Å². The van der Waals surface area contributed by atoms with Crippen LogP contribution in [0.1, 0.15) is 0 Å². The number of pyridine rings is 2. The molecule has 0 radical (unpaired) electrons. The third kappa shape index (κ3) is 3.42. The molecule has 0 amide bonds. The molecule has 0 bridgehead atoms. The van der Waals surface area contributed by atoms with Crippen molar-refractivity contribution in [2.45, 2.75) is 0 Å². The molecule has 0 aliphatic heterocycles. The fourth-order valence-electron chi connectivity index (χ4n) is 5.75. The van der Waals surface area contributed by atoms with E-state index in [2.05, 4.69) is 52.8 Å². The van der Waals surface area contributed by atoms with E-state index in [9.17, 15) is 0 Å². The van der Waals surface area contributed by atoms with E-state index in [0.29, 0.717) is 17.3 Å². The van der Waals surface area contributed by atoms with Crippen molar-refractivity contribution in [1.82, 2.24) is 39.4 Å². The first kappa shape index (κ1) is 22.8. The van der Waals surface area contributed by atoms with Crippen LogP contribution in [0.3, 0.4) is 0 Å². The Bertz CT molecular complexity index is 2420. The lowest BCUT2D eigenvalue weighted by atomic mass is 10.0. The fourth-order valence-corrected chi connectivity index (χ4v) is 5.75. The second-order valence-corrected chi connectivity index (χ2v) is 10.2. The van der Waals surface area contributed by atoms with Crippen molar-refractivity contribution in [2.24, 2.45) is 0 Å². The molecule has 5 aromatic heterocycles. The van der Waals surface area contributed by atoms with Crippen LogP contribution in [0, 0.1) is 0 Å². The SMILES string of the molecule is c1ccc(-c2nc(-c3cn4nnc(-c5nc6cc7ccccc7cn6n5)c4c4ccccc34)nc3ccccc23)cc1. The summed E-state index contributed by atoms with van der Waals surface area (Å²) in [5.41, 5.74) is 5.88. The lowest BCUT2D eigenvalue weighted by Gasteiger charge is -2.12. The van der Waals surface area contributed by atoms with Gasteiger partial charge in [-0.15, -0.1) is 10.2 Å². The maximum atomic E-state index is 5.12. The number of hydrogen-bond acceptors (Lipinski definition) is 6. The van der Waals surface area contributed by atoms with E-state index < -0.39 is 0 Å². The van der Waals surface area contributed by atoms with E-state index in [-0.39, 0.29) is 0 Å². The topological polar surface area (TPSA) is 86.2 Å². The minimum absolute atomic E-state index is 0.520. The van der Waals surface area contributed by atoms with Crippen LogP contribution < -0.4 is 0 Å². The van der Waals surface area contributed by atoms with Gasteiger partial charge in [0.2, 0.25) is 5.82 Å². The van der Waals surface area contributed by atoms with Crippen molar-refractivity contribution in [3.8, 4) is 34.2 Å². The molecule has 0 fully saturated rings. The van der Waals surface area contributed by atoms with Crippen molar-refractivity contribution < 1.29 is 0 Å². The quantitative estimate of drug-likeness (QED) is 0.239. The van der Waals surface area contributed by atoms with Gasteiger partial charge in [-0.05, 0) is 22.9 Å². The van der Waals surface area contributed by atoms with Gasteiger partial charge in [0, 0.05) is 39.7 Å². The van der Waals surface area contributed by atoms with Gasteiger partial charge in [-0.2, -0.15) is 0 Å². The molecule has 0 saturated carbocycles. The minimum atomic E-state index is 0.520. The van der Waals surface area contributed by atoms with Crippen LogP contribution in [-0.2, 0) is 0 Å². The predicted octanol–water partition coefficient (Wildman–Crippen LogP) is 7.02. The van der Waals surface area contributed by atoms with Crippen molar-refractivity contribution in [2.75, 3.05) is 0 Å². The summed E-state index contributed by atoms with van der Waals surface area (Å²) < 4.78 is 3.59. The molecular weight excluding hydrogens is 520 g/mol. The number of benzene rings is 4. The van der Waals surface area contributed by atoms with Crippen LogP contribution in [0.4, 0.5) is 0 Å². The summed E-state index contributed by atoms with van der Waals surface area (Å²) in [5, 5.41) is 19.0. The Morgan fingerprint density at radius 1 is 0.524 bits per heavy atom. The molecule has 0 saturated heterocycles. The zero-order valence-corrected chi connectivity index (χ0v) is 22.1. The lowest BCUT2D eigenvalue weighted by Crippen LogP contribution is -1.98. The summed E-state index contributed by atoms with van der Waals surface area (Å²) in [6.45, 7) is 0. The molecule has 0 N–H and O–H groups in total. The van der Waals surface area contributed by atoms with Crippen molar-refractivity contribution in [3.63, 3.8) is 0 Å². The lowest BCUT2D eigenvalue weighted by molar-refractivity contribution is 0.857. The molecular formula is C34H20N8. The van der Waals surface area contributed by atoms with Gasteiger partial charge in [-0.25, -0.2) is 24.0 Å². The van der Waals surface area contributed by atoms with E-state index in [1.165, 1.54) is 0 Å². The largest absolute Gasteiger partial charge is 0.228 e. The Kier molecular flexibility index (Phi) is 4.74. The van der Waals surface area contributed by atoms with Crippen molar-refractivity contribution >= 4 is 43.6 Å². The number of rotatable bonds is 3. The second-order valence-electron chi connectivity index (χ2n) is 10.2. The van der Waals surface area contributed by atoms with Crippen LogP contribution in [0.15, 0.2) is 122 Å². The number of hydrogen-bond donors (Lipinski definition) is 0. The van der Waals surface area contributed by atoms with Gasteiger partial charge in [0.1, 0.15) is 5.52 Å². The van der Waals surface area contributed by atoms with Gasteiger partial charge in [-0.1, -0.05) is 102 Å². The van der Waals surface area contributed by atoms with Gasteiger partial charge < -0.3 is 0 Å². The maximum Gasteiger partial charge on any atom is 0.205 e. The summed E-state index contributed by atoms with van der Waals surface area (Å²) in [6, 6.07) is 36.8. The average Bonchev–Trinajstić information content (AvgIpc) is 3.67. The summed E-state index contributed by atoms with van der Waals surface area (Å²) in [5.74, 6) is 1.15. The van der Waals surface area contributed by atoms with E-state index in [1.807, 2.05) is 79.1 Å². The molecule has 42 heavy (non-hydrogen) atoms. The number of para-hydroxylation sites is 1. The standard InChI is InChI=1S/C34H20N8/c1-2-10-21(11-3-1)30-26-16-8-9-17-28(26)35-33(37-30)27-20-42-32(25-15-7-6-14-24(25)27)31(38-40-42)34-36-29-18-22-12-4-5-13-23(22)19-41(29)39-34/h1-20H. The summed E-state index contributed by atoms with van der Waals surface area (Å²) >= 11 is 0. The highest BCUT2D eigenvalue weighted by Crippen LogP contribution is 2.35. The number of nitrogens with zero attached hydrogens (tertiary/aromatic N) is 8. The van der Waals surface area contributed by atoms with Crippen LogP contribution in [0.2, 0.25) is 0 Å². The summed E-state index contributed by atoms with van der Waals surface area (Å²) in [7, 11) is 0. The third-order valence-electron chi connectivity index (χ3n) is 7.72. The first-order valence-corrected chi connectivity index (χ1v) is 13.6. The number of fused-ring (bicyclic) bond motifs is 6. The third-order valence-corrected chi connectivity index (χ3v) is 7.72. The Labute approximate surface area is 238 Å². The van der Waals surface area contributed by atoms with Gasteiger partial charge in [0.05, 0.1) is 11.2 Å². The van der Waals surface area contributed by atoms with Crippen LogP contribution in [0.5, 0.6) is 0 Å². The smallest absolute Gasteiger partial charge is 0.205 e. The zero-order chi connectivity index (χ0) is 27.6. The van der Waals surface area contributed by atoms with E-state index in [0.717, 1.165) is 60.4 Å². The molecule has 8 nitrogen and oxygen atoms in total. The predicted molar refractivity (Wildman–Crippen MR) is 164 cm³/mol. The molecule has 9 aromatic rings. The molecule has 0 spiro atoms. The van der Waals surface area contributed by atoms with Crippen molar-refractivity contribution in [1.29, 1.82) is 0 Å². The minimum Gasteiger partial charge on any atom is -0.228 e. The maximum absolute atomic E-state index is 5.12. The van der Waals surface area contributed by atoms with Gasteiger partial charge in [-0.3, -0.25) is 0 Å². The Hall–Kier alpha value is -6.02.